The summed E-state index contributed by atoms with van der Waals surface area (Å²) in [5, 5.41) is 2.99. The van der Waals surface area contributed by atoms with Gasteiger partial charge in [0.05, 0.1) is 28.9 Å². The second-order valence-corrected chi connectivity index (χ2v) is 7.30. The number of nitrogens with zero attached hydrogens (tertiary/aromatic N) is 3. The molecule has 7 nitrogen and oxygen atoms in total. The van der Waals surface area contributed by atoms with E-state index < -0.39 is 11.6 Å². The van der Waals surface area contributed by atoms with E-state index in [1.165, 1.54) is 0 Å². The van der Waals surface area contributed by atoms with E-state index in [0.717, 1.165) is 10.7 Å². The average Bonchev–Trinajstić information content (AvgIpc) is 2.94. The number of nitrogens with two attached hydrogens (primary N) is 1. The summed E-state index contributed by atoms with van der Waals surface area (Å²) < 4.78 is 5.94. The predicted molar refractivity (Wildman–Crippen MR) is 85.9 cm³/mol. The Labute approximate surface area is 139 Å². The molecule has 126 valence electrons. The van der Waals surface area contributed by atoms with E-state index in [4.69, 9.17) is 10.5 Å². The number of morpholine rings is 1. The molecule has 1 unspecified atom stereocenters. The van der Waals surface area contributed by atoms with Crippen molar-refractivity contribution in [2.45, 2.75) is 44.9 Å². The lowest BCUT2D eigenvalue weighted by Crippen LogP contribution is -2.64. The summed E-state index contributed by atoms with van der Waals surface area (Å²) in [6.45, 7) is 5.71. The quantitative estimate of drug-likeness (QED) is 0.875. The van der Waals surface area contributed by atoms with Crippen molar-refractivity contribution in [3.63, 3.8) is 0 Å². The number of amides is 3. The minimum atomic E-state index is -0.398. The fourth-order valence-electron chi connectivity index (χ4n) is 3.46. The number of likely N-dealkylation sites (tertiary alicyclic amines) is 1. The number of thiazole rings is 1. The number of hydrogen-bond acceptors (Lipinski definition) is 5. The van der Waals surface area contributed by atoms with Crippen LogP contribution in [-0.2, 0) is 16.1 Å². The smallest absolute Gasteiger partial charge is 0.314 e. The first kappa shape index (κ1) is 16.2. The van der Waals surface area contributed by atoms with Crippen LogP contribution in [0.2, 0.25) is 0 Å². The number of hydrogen-bond donors (Lipinski definition) is 1. The Hall–Kier alpha value is -1.67. The van der Waals surface area contributed by atoms with Crippen LogP contribution in [0.15, 0.2) is 5.38 Å². The molecular formula is C15H22N4O3S. The van der Waals surface area contributed by atoms with Gasteiger partial charge in [-0.25, -0.2) is 9.78 Å². The predicted octanol–water partition coefficient (Wildman–Crippen LogP) is 1.11. The van der Waals surface area contributed by atoms with Gasteiger partial charge in [0.25, 0.3) is 0 Å². The molecule has 0 aliphatic carbocycles. The summed E-state index contributed by atoms with van der Waals surface area (Å²) >= 11 is 1.59. The molecule has 0 radical (unpaired) electrons. The van der Waals surface area contributed by atoms with Crippen LogP contribution >= 0.6 is 11.3 Å². The van der Waals surface area contributed by atoms with Gasteiger partial charge in [-0.3, -0.25) is 4.79 Å². The van der Waals surface area contributed by atoms with E-state index in [9.17, 15) is 9.59 Å². The first-order valence-electron chi connectivity index (χ1n) is 7.80. The molecule has 8 heteroatoms. The molecular weight excluding hydrogens is 316 g/mol. The van der Waals surface area contributed by atoms with Crippen LogP contribution in [0.25, 0.3) is 0 Å². The molecule has 0 aromatic carbocycles. The lowest BCUT2D eigenvalue weighted by atomic mass is 9.82. The lowest BCUT2D eigenvalue weighted by molar-refractivity contribution is -0.186. The highest BCUT2D eigenvalue weighted by molar-refractivity contribution is 7.09. The van der Waals surface area contributed by atoms with Gasteiger partial charge in [0, 0.05) is 18.5 Å². The average molecular weight is 338 g/mol. The van der Waals surface area contributed by atoms with Crippen molar-refractivity contribution < 1.29 is 14.3 Å². The molecule has 0 saturated carbocycles. The lowest BCUT2D eigenvalue weighted by Gasteiger charge is -2.51. The largest absolute Gasteiger partial charge is 0.363 e. The molecule has 23 heavy (non-hydrogen) atoms. The Balaban J connectivity index is 1.74. The van der Waals surface area contributed by atoms with E-state index in [-0.39, 0.29) is 18.6 Å². The number of aryl methyl sites for hydroxylation is 1. The van der Waals surface area contributed by atoms with Crippen molar-refractivity contribution in [1.29, 1.82) is 0 Å². The van der Waals surface area contributed by atoms with E-state index in [1.54, 1.807) is 16.2 Å². The summed E-state index contributed by atoms with van der Waals surface area (Å²) in [6.07, 6.45) is 1.38. The highest BCUT2D eigenvalue weighted by atomic mass is 32.1. The molecule has 3 amide bonds. The van der Waals surface area contributed by atoms with Gasteiger partial charge < -0.3 is 20.3 Å². The standard InChI is InChI=1S/C15H22N4O3S/c1-10-15(3-5-18(6-4-15)14(16)21)22-8-13(20)19(10)7-12-9-23-11(2)17-12/h9-10H,3-8H2,1-2H3,(H2,16,21). The second-order valence-electron chi connectivity index (χ2n) is 6.23. The van der Waals surface area contributed by atoms with Crippen LogP contribution in [0.4, 0.5) is 4.79 Å². The van der Waals surface area contributed by atoms with E-state index in [1.807, 2.05) is 24.1 Å². The molecule has 3 rings (SSSR count). The second kappa shape index (κ2) is 6.09. The van der Waals surface area contributed by atoms with Gasteiger partial charge in [-0.15, -0.1) is 11.3 Å². The van der Waals surface area contributed by atoms with Crippen molar-refractivity contribution >= 4 is 23.3 Å². The summed E-state index contributed by atoms with van der Waals surface area (Å²) in [5.41, 5.74) is 5.87. The van der Waals surface area contributed by atoms with Crippen LogP contribution in [0.1, 0.15) is 30.5 Å². The summed E-state index contributed by atoms with van der Waals surface area (Å²) in [4.78, 5) is 31.6. The van der Waals surface area contributed by atoms with Crippen LogP contribution in [0.3, 0.4) is 0 Å². The zero-order chi connectivity index (χ0) is 16.6. The number of carbonyl (C=O) groups is 2. The normalized spacial score (nSPS) is 24.3. The summed E-state index contributed by atoms with van der Waals surface area (Å²) in [7, 11) is 0. The van der Waals surface area contributed by atoms with Gasteiger partial charge in [0.2, 0.25) is 5.91 Å². The molecule has 3 heterocycles. The van der Waals surface area contributed by atoms with Crippen molar-refractivity contribution in [2.75, 3.05) is 19.7 Å². The van der Waals surface area contributed by atoms with Crippen LogP contribution < -0.4 is 5.73 Å². The van der Waals surface area contributed by atoms with Gasteiger partial charge in [-0.2, -0.15) is 0 Å². The maximum atomic E-state index is 12.3. The monoisotopic (exact) mass is 338 g/mol. The highest BCUT2D eigenvalue weighted by Crippen LogP contribution is 2.36. The van der Waals surface area contributed by atoms with Gasteiger partial charge in [0.15, 0.2) is 0 Å². The number of primary amides is 1. The Kier molecular flexibility index (Phi) is 4.29. The Bertz CT molecular complexity index is 610. The van der Waals surface area contributed by atoms with Gasteiger partial charge in [-0.1, -0.05) is 0 Å². The van der Waals surface area contributed by atoms with Crippen LogP contribution in [-0.4, -0.2) is 58.1 Å². The fourth-order valence-corrected chi connectivity index (χ4v) is 4.06. The van der Waals surface area contributed by atoms with Crippen molar-refractivity contribution in [2.24, 2.45) is 5.73 Å². The molecule has 2 aliphatic heterocycles. The Morgan fingerprint density at radius 2 is 2.22 bits per heavy atom. The number of aromatic nitrogens is 1. The van der Waals surface area contributed by atoms with Crippen LogP contribution in [0, 0.1) is 6.92 Å². The van der Waals surface area contributed by atoms with Crippen molar-refractivity contribution in [3.05, 3.63) is 16.1 Å². The van der Waals surface area contributed by atoms with Crippen molar-refractivity contribution in [3.8, 4) is 0 Å². The summed E-state index contributed by atoms with van der Waals surface area (Å²) in [5.74, 6) is -0.00823. The van der Waals surface area contributed by atoms with Crippen LogP contribution in [0.5, 0.6) is 0 Å². The molecule has 2 N–H and O–H groups in total. The maximum Gasteiger partial charge on any atom is 0.314 e. The van der Waals surface area contributed by atoms with E-state index in [0.29, 0.717) is 32.5 Å². The topological polar surface area (TPSA) is 88.8 Å². The third-order valence-electron chi connectivity index (χ3n) is 4.95. The molecule has 1 aromatic heterocycles. The molecule has 2 fully saturated rings. The Morgan fingerprint density at radius 1 is 1.52 bits per heavy atom. The Morgan fingerprint density at radius 3 is 2.78 bits per heavy atom. The number of rotatable bonds is 2. The van der Waals surface area contributed by atoms with E-state index in [2.05, 4.69) is 4.98 Å². The molecule has 2 aliphatic rings. The zero-order valence-electron chi connectivity index (χ0n) is 13.4. The molecule has 1 spiro atoms. The first-order chi connectivity index (χ1) is 10.9. The maximum absolute atomic E-state index is 12.3. The number of ether oxygens (including phenoxy) is 1. The van der Waals surface area contributed by atoms with Gasteiger partial charge in [-0.05, 0) is 26.7 Å². The minimum Gasteiger partial charge on any atom is -0.363 e. The SMILES string of the molecule is Cc1nc(CN2C(=O)COC3(CCN(C(N)=O)CC3)C2C)cs1. The number of piperidine rings is 1. The van der Waals surface area contributed by atoms with E-state index >= 15 is 0 Å². The molecule has 2 saturated heterocycles. The molecule has 0 bridgehead atoms. The van der Waals surface area contributed by atoms with Crippen molar-refractivity contribution in [1.82, 2.24) is 14.8 Å². The number of urea groups is 1. The number of carbonyl (C=O) groups excluding carboxylic acids is 2. The molecule has 1 atom stereocenters. The fraction of sp³-hybridized carbons (Fsp3) is 0.667. The minimum absolute atomic E-state index is 0.00823. The van der Waals surface area contributed by atoms with Gasteiger partial charge >= 0.3 is 6.03 Å². The highest BCUT2D eigenvalue weighted by Gasteiger charge is 2.48. The third kappa shape index (κ3) is 3.05. The summed E-state index contributed by atoms with van der Waals surface area (Å²) in [6, 6.07) is -0.449. The first-order valence-corrected chi connectivity index (χ1v) is 8.68. The molecule has 1 aromatic rings. The zero-order valence-corrected chi connectivity index (χ0v) is 14.3. The third-order valence-corrected chi connectivity index (χ3v) is 5.78. The van der Waals surface area contributed by atoms with Gasteiger partial charge in [0.1, 0.15) is 6.61 Å².